The summed E-state index contributed by atoms with van der Waals surface area (Å²) < 4.78 is 72.0. The molecule has 12 heteroatoms. The van der Waals surface area contributed by atoms with Crippen LogP contribution in [0.5, 0.6) is 17.2 Å². The zero-order valence-corrected chi connectivity index (χ0v) is 24.1. The Balaban J connectivity index is 1.55. The van der Waals surface area contributed by atoms with Gasteiger partial charge in [-0.2, -0.15) is 8.61 Å². The van der Waals surface area contributed by atoms with Crippen LogP contribution in [0, 0.1) is 0 Å². The first kappa shape index (κ1) is 28.5. The Morgan fingerprint density at radius 1 is 0.763 bits per heavy atom. The van der Waals surface area contributed by atoms with E-state index in [0.717, 1.165) is 17.5 Å². The number of piperazine rings is 1. The maximum atomic E-state index is 13.7. The normalized spacial score (nSPS) is 17.2. The van der Waals surface area contributed by atoms with Crippen LogP contribution in [-0.4, -0.2) is 85.3 Å². The standard InChI is InChI=1S/C26H37N3O7S2/c1-5-6-15-37(30,31)28-13-11-27(12-14-28)23-18-22(7-8-24(23)34-2)38(32,33)29-10-9-20-16-25(35-3)26(36-4)17-21(20)19-29/h7-8,16-18H,5-6,9-15,19H2,1-4H3. The van der Waals surface area contributed by atoms with Gasteiger partial charge < -0.3 is 19.1 Å². The monoisotopic (exact) mass is 567 g/mol. The van der Waals surface area contributed by atoms with Crippen LogP contribution in [0.25, 0.3) is 0 Å². The number of methoxy groups -OCH3 is 3. The molecule has 0 radical (unpaired) electrons. The summed E-state index contributed by atoms with van der Waals surface area (Å²) in [5.41, 5.74) is 2.56. The van der Waals surface area contributed by atoms with Gasteiger partial charge in [0.05, 0.1) is 37.7 Å². The average Bonchev–Trinajstić information content (AvgIpc) is 2.94. The fraction of sp³-hybridized carbons (Fsp3) is 0.538. The Morgan fingerprint density at radius 3 is 2.00 bits per heavy atom. The first-order valence-corrected chi connectivity index (χ1v) is 15.8. The lowest BCUT2D eigenvalue weighted by molar-refractivity contribution is 0.348. The summed E-state index contributed by atoms with van der Waals surface area (Å²) in [6.45, 7) is 4.14. The van der Waals surface area contributed by atoms with Crippen LogP contribution >= 0.6 is 0 Å². The molecule has 2 aromatic carbocycles. The molecular formula is C26H37N3O7S2. The van der Waals surface area contributed by atoms with E-state index in [4.69, 9.17) is 14.2 Å². The van der Waals surface area contributed by atoms with Crippen molar-refractivity contribution >= 4 is 25.7 Å². The summed E-state index contributed by atoms with van der Waals surface area (Å²) in [7, 11) is -2.41. The molecule has 1 saturated heterocycles. The van der Waals surface area contributed by atoms with Crippen LogP contribution in [0.4, 0.5) is 5.69 Å². The van der Waals surface area contributed by atoms with E-state index in [0.29, 0.717) is 68.5 Å². The van der Waals surface area contributed by atoms with Gasteiger partial charge >= 0.3 is 0 Å². The fourth-order valence-corrected chi connectivity index (χ4v) is 8.02. The molecule has 2 heterocycles. The summed E-state index contributed by atoms with van der Waals surface area (Å²) in [5.74, 6) is 1.89. The van der Waals surface area contributed by atoms with Gasteiger partial charge in [0.2, 0.25) is 20.0 Å². The van der Waals surface area contributed by atoms with Crippen molar-refractivity contribution in [2.45, 2.75) is 37.6 Å². The lowest BCUT2D eigenvalue weighted by Crippen LogP contribution is -2.49. The van der Waals surface area contributed by atoms with Crippen LogP contribution in [0.2, 0.25) is 0 Å². The van der Waals surface area contributed by atoms with E-state index in [1.54, 1.807) is 39.5 Å². The second-order valence-electron chi connectivity index (χ2n) is 9.45. The molecule has 0 N–H and O–H groups in total. The third-order valence-electron chi connectivity index (χ3n) is 7.20. The van der Waals surface area contributed by atoms with E-state index >= 15 is 0 Å². The number of hydrogen-bond acceptors (Lipinski definition) is 8. The second kappa shape index (κ2) is 11.7. The van der Waals surface area contributed by atoms with E-state index in [-0.39, 0.29) is 17.2 Å². The minimum atomic E-state index is -3.80. The summed E-state index contributed by atoms with van der Waals surface area (Å²) >= 11 is 0. The first-order valence-electron chi connectivity index (χ1n) is 12.8. The lowest BCUT2D eigenvalue weighted by atomic mass is 10.0. The zero-order valence-electron chi connectivity index (χ0n) is 22.5. The Bertz CT molecular complexity index is 1360. The maximum absolute atomic E-state index is 13.7. The molecule has 0 unspecified atom stereocenters. The molecule has 210 valence electrons. The number of ether oxygens (including phenoxy) is 3. The van der Waals surface area contributed by atoms with Crippen LogP contribution in [-0.2, 0) is 33.0 Å². The molecule has 2 aliphatic heterocycles. The molecule has 0 saturated carbocycles. The molecule has 0 bridgehead atoms. The van der Waals surface area contributed by atoms with Crippen molar-refractivity contribution in [3.05, 3.63) is 41.5 Å². The van der Waals surface area contributed by atoms with Crippen molar-refractivity contribution in [3.63, 3.8) is 0 Å². The Morgan fingerprint density at radius 2 is 1.39 bits per heavy atom. The number of sulfonamides is 2. The Hall–Kier alpha value is -2.54. The average molecular weight is 568 g/mol. The molecule has 4 rings (SSSR count). The van der Waals surface area contributed by atoms with Gasteiger partial charge in [0, 0.05) is 39.3 Å². The van der Waals surface area contributed by atoms with E-state index in [9.17, 15) is 16.8 Å². The summed E-state index contributed by atoms with van der Waals surface area (Å²) in [5, 5.41) is 0. The van der Waals surface area contributed by atoms with Crippen LogP contribution in [0.3, 0.4) is 0 Å². The van der Waals surface area contributed by atoms with Gasteiger partial charge in [-0.25, -0.2) is 16.8 Å². The molecule has 1 fully saturated rings. The minimum Gasteiger partial charge on any atom is -0.495 e. The second-order valence-corrected chi connectivity index (χ2v) is 13.5. The number of hydrogen-bond donors (Lipinski definition) is 0. The molecule has 0 atom stereocenters. The zero-order chi connectivity index (χ0) is 27.5. The van der Waals surface area contributed by atoms with Crippen molar-refractivity contribution in [1.82, 2.24) is 8.61 Å². The predicted molar refractivity (Wildman–Crippen MR) is 146 cm³/mol. The molecule has 0 aromatic heterocycles. The number of nitrogens with zero attached hydrogens (tertiary/aromatic N) is 3. The quantitative estimate of drug-likeness (QED) is 0.432. The summed E-state index contributed by atoms with van der Waals surface area (Å²) in [6.07, 6.45) is 2.02. The highest BCUT2D eigenvalue weighted by Crippen LogP contribution is 2.36. The molecular weight excluding hydrogens is 530 g/mol. The number of rotatable bonds is 10. The summed E-state index contributed by atoms with van der Waals surface area (Å²) in [6, 6.07) is 8.61. The summed E-state index contributed by atoms with van der Waals surface area (Å²) in [4.78, 5) is 2.17. The van der Waals surface area contributed by atoms with Gasteiger partial charge in [-0.1, -0.05) is 13.3 Å². The van der Waals surface area contributed by atoms with Crippen LogP contribution in [0.1, 0.15) is 30.9 Å². The molecule has 2 aliphatic rings. The molecule has 0 spiro atoms. The maximum Gasteiger partial charge on any atom is 0.243 e. The van der Waals surface area contributed by atoms with Gasteiger partial charge in [0.15, 0.2) is 11.5 Å². The van der Waals surface area contributed by atoms with E-state index in [1.165, 1.54) is 8.61 Å². The third-order valence-corrected chi connectivity index (χ3v) is 11.0. The van der Waals surface area contributed by atoms with Crippen molar-refractivity contribution in [2.24, 2.45) is 0 Å². The van der Waals surface area contributed by atoms with Gasteiger partial charge in [0.25, 0.3) is 0 Å². The van der Waals surface area contributed by atoms with Crippen LogP contribution < -0.4 is 19.1 Å². The first-order chi connectivity index (χ1) is 18.1. The Labute approximate surface area is 226 Å². The number of unbranched alkanes of at least 4 members (excludes halogenated alkanes) is 1. The van der Waals surface area contributed by atoms with Gasteiger partial charge in [0.1, 0.15) is 5.75 Å². The van der Waals surface area contributed by atoms with Gasteiger partial charge in [-0.15, -0.1) is 0 Å². The molecule has 0 amide bonds. The number of fused-ring (bicyclic) bond motifs is 1. The van der Waals surface area contributed by atoms with Crippen molar-refractivity contribution in [1.29, 1.82) is 0 Å². The van der Waals surface area contributed by atoms with E-state index in [2.05, 4.69) is 0 Å². The van der Waals surface area contributed by atoms with E-state index in [1.807, 2.05) is 24.0 Å². The number of anilines is 1. The smallest absolute Gasteiger partial charge is 0.243 e. The minimum absolute atomic E-state index is 0.151. The SMILES string of the molecule is CCCCS(=O)(=O)N1CCN(c2cc(S(=O)(=O)N3CCc4cc(OC)c(OC)cc4C3)ccc2OC)CC1. The van der Waals surface area contributed by atoms with Gasteiger partial charge in [-0.05, 0) is 54.3 Å². The molecule has 0 aliphatic carbocycles. The van der Waals surface area contributed by atoms with Gasteiger partial charge in [-0.3, -0.25) is 0 Å². The predicted octanol–water partition coefficient (Wildman–Crippen LogP) is 2.71. The van der Waals surface area contributed by atoms with Crippen molar-refractivity contribution in [2.75, 3.05) is 64.7 Å². The highest BCUT2D eigenvalue weighted by atomic mass is 32.2. The van der Waals surface area contributed by atoms with Crippen molar-refractivity contribution < 1.29 is 31.0 Å². The Kier molecular flexibility index (Phi) is 8.75. The lowest BCUT2D eigenvalue weighted by Gasteiger charge is -2.36. The fourth-order valence-electron chi connectivity index (χ4n) is 4.95. The molecule has 38 heavy (non-hydrogen) atoms. The topological polar surface area (TPSA) is 106 Å². The highest BCUT2D eigenvalue weighted by Gasteiger charge is 2.32. The third kappa shape index (κ3) is 5.73. The highest BCUT2D eigenvalue weighted by molar-refractivity contribution is 7.89. The van der Waals surface area contributed by atoms with Crippen LogP contribution in [0.15, 0.2) is 35.2 Å². The molecule has 10 nitrogen and oxygen atoms in total. The largest absolute Gasteiger partial charge is 0.495 e. The van der Waals surface area contributed by atoms with E-state index < -0.39 is 20.0 Å². The molecule has 2 aromatic rings. The van der Waals surface area contributed by atoms with Crippen molar-refractivity contribution in [3.8, 4) is 17.2 Å². The number of benzene rings is 2.